The second kappa shape index (κ2) is 9.44. The van der Waals surface area contributed by atoms with Crippen LogP contribution in [0.3, 0.4) is 0 Å². The zero-order valence-corrected chi connectivity index (χ0v) is 16.3. The molecule has 6 heteroatoms. The molecule has 3 rings (SSSR count). The van der Waals surface area contributed by atoms with Crippen LogP contribution in [0, 0.1) is 0 Å². The lowest BCUT2D eigenvalue weighted by atomic mass is 10.1. The molecule has 2 aromatic carbocycles. The van der Waals surface area contributed by atoms with Crippen molar-refractivity contribution >= 4 is 29.3 Å². The molecule has 0 saturated carbocycles. The van der Waals surface area contributed by atoms with Crippen LogP contribution < -0.4 is 15.8 Å². The summed E-state index contributed by atoms with van der Waals surface area (Å²) in [5, 5.41) is 3.88. The van der Waals surface area contributed by atoms with Crippen molar-refractivity contribution in [3.8, 4) is 5.75 Å². The second-order valence-electron chi connectivity index (χ2n) is 6.28. The molecule has 144 valence electrons. The zero-order chi connectivity index (χ0) is 18.5. The number of amides is 1. The largest absolute Gasteiger partial charge is 0.490 e. The summed E-state index contributed by atoms with van der Waals surface area (Å²) in [6, 6.07) is 16.5. The van der Waals surface area contributed by atoms with Crippen LogP contribution in [0.25, 0.3) is 11.0 Å². The molecule has 2 atom stereocenters. The predicted octanol–water partition coefficient (Wildman–Crippen LogP) is 4.00. The van der Waals surface area contributed by atoms with E-state index in [0.717, 1.165) is 10.9 Å². The Morgan fingerprint density at radius 2 is 1.93 bits per heavy atom. The van der Waals surface area contributed by atoms with Crippen molar-refractivity contribution < 1.29 is 13.9 Å². The first-order chi connectivity index (χ1) is 12.6. The first-order valence-electron chi connectivity index (χ1n) is 8.83. The van der Waals surface area contributed by atoms with E-state index in [1.165, 1.54) is 0 Å². The molecule has 2 unspecified atom stereocenters. The number of hydrogen-bond donors (Lipinski definition) is 2. The van der Waals surface area contributed by atoms with Gasteiger partial charge in [0.25, 0.3) is 0 Å². The highest BCUT2D eigenvalue weighted by Crippen LogP contribution is 2.31. The van der Waals surface area contributed by atoms with E-state index >= 15 is 0 Å². The number of furan rings is 1. The zero-order valence-electron chi connectivity index (χ0n) is 15.5. The van der Waals surface area contributed by atoms with Crippen molar-refractivity contribution in [2.24, 2.45) is 5.73 Å². The standard InChI is InChI=1S/C21H24N2O3.ClH/c1-3-25-18-11-7-10-16-13-19(26-20(16)18)14(2)23-21(24)17(22)12-15-8-5-4-6-9-15;/h4-11,13-14,17H,3,12,22H2,1-2H3,(H,23,24);1H. The topological polar surface area (TPSA) is 77.5 Å². The second-order valence-corrected chi connectivity index (χ2v) is 6.28. The van der Waals surface area contributed by atoms with Crippen molar-refractivity contribution in [1.82, 2.24) is 5.32 Å². The van der Waals surface area contributed by atoms with Gasteiger partial charge in [0.15, 0.2) is 11.3 Å². The fraction of sp³-hybridized carbons (Fsp3) is 0.286. The molecule has 0 aliphatic carbocycles. The quantitative estimate of drug-likeness (QED) is 0.641. The average molecular weight is 389 g/mol. The molecule has 0 saturated heterocycles. The van der Waals surface area contributed by atoms with E-state index in [2.05, 4.69) is 5.32 Å². The molecule has 0 bridgehead atoms. The van der Waals surface area contributed by atoms with Crippen LogP contribution >= 0.6 is 12.4 Å². The third-order valence-electron chi connectivity index (χ3n) is 4.25. The lowest BCUT2D eigenvalue weighted by Crippen LogP contribution is -2.42. The van der Waals surface area contributed by atoms with Gasteiger partial charge in [-0.25, -0.2) is 0 Å². The molecular weight excluding hydrogens is 364 g/mol. The molecule has 0 aliphatic rings. The summed E-state index contributed by atoms with van der Waals surface area (Å²) < 4.78 is 11.5. The van der Waals surface area contributed by atoms with Gasteiger partial charge in [-0.15, -0.1) is 12.4 Å². The molecule has 27 heavy (non-hydrogen) atoms. The average Bonchev–Trinajstić information content (AvgIpc) is 3.08. The van der Waals surface area contributed by atoms with Crippen molar-refractivity contribution in [3.63, 3.8) is 0 Å². The van der Waals surface area contributed by atoms with Gasteiger partial charge >= 0.3 is 0 Å². The number of carbonyl (C=O) groups excluding carboxylic acids is 1. The van der Waals surface area contributed by atoms with Gasteiger partial charge in [0.05, 0.1) is 18.7 Å². The van der Waals surface area contributed by atoms with Gasteiger partial charge in [0.2, 0.25) is 5.91 Å². The SMILES string of the molecule is CCOc1cccc2cc(C(C)NC(=O)C(N)Cc3ccccc3)oc12.Cl. The summed E-state index contributed by atoms with van der Waals surface area (Å²) in [7, 11) is 0. The Hall–Kier alpha value is -2.50. The van der Waals surface area contributed by atoms with Gasteiger partial charge in [0, 0.05) is 5.39 Å². The molecule has 1 heterocycles. The normalized spacial score (nSPS) is 12.9. The molecular formula is C21H25ClN2O3. The number of fused-ring (bicyclic) bond motifs is 1. The summed E-state index contributed by atoms with van der Waals surface area (Å²) in [6.07, 6.45) is 0.494. The minimum atomic E-state index is -0.608. The van der Waals surface area contributed by atoms with E-state index in [4.69, 9.17) is 14.9 Å². The summed E-state index contributed by atoms with van der Waals surface area (Å²) in [5.41, 5.74) is 7.78. The molecule has 0 aliphatic heterocycles. The van der Waals surface area contributed by atoms with Gasteiger partial charge in [-0.1, -0.05) is 42.5 Å². The number of benzene rings is 2. The van der Waals surface area contributed by atoms with Crippen LogP contribution in [0.15, 0.2) is 59.0 Å². The predicted molar refractivity (Wildman–Crippen MR) is 109 cm³/mol. The van der Waals surface area contributed by atoms with E-state index in [-0.39, 0.29) is 24.4 Å². The number of rotatable bonds is 7. The first kappa shape index (κ1) is 20.8. The van der Waals surface area contributed by atoms with Crippen LogP contribution in [0.2, 0.25) is 0 Å². The fourth-order valence-electron chi connectivity index (χ4n) is 2.89. The maximum atomic E-state index is 12.4. The first-order valence-corrected chi connectivity index (χ1v) is 8.83. The van der Waals surface area contributed by atoms with Gasteiger partial charge in [-0.05, 0) is 38.0 Å². The molecule has 1 aromatic heterocycles. The molecule has 0 radical (unpaired) electrons. The third kappa shape index (κ3) is 5.02. The highest BCUT2D eigenvalue weighted by atomic mass is 35.5. The van der Waals surface area contributed by atoms with E-state index in [9.17, 15) is 4.79 Å². The highest BCUT2D eigenvalue weighted by molar-refractivity contribution is 5.85. The monoisotopic (exact) mass is 388 g/mol. The number of carbonyl (C=O) groups is 1. The number of para-hydroxylation sites is 1. The van der Waals surface area contributed by atoms with E-state index in [0.29, 0.717) is 30.1 Å². The van der Waals surface area contributed by atoms with Crippen molar-refractivity contribution in [3.05, 3.63) is 65.9 Å². The Balaban J connectivity index is 0.00000261. The molecule has 5 nitrogen and oxygen atoms in total. The summed E-state index contributed by atoms with van der Waals surface area (Å²) in [5.74, 6) is 1.18. The molecule has 0 spiro atoms. The number of ether oxygens (including phenoxy) is 1. The Morgan fingerprint density at radius 1 is 1.19 bits per heavy atom. The highest BCUT2D eigenvalue weighted by Gasteiger charge is 2.20. The van der Waals surface area contributed by atoms with Crippen molar-refractivity contribution in [2.75, 3.05) is 6.61 Å². The Morgan fingerprint density at radius 3 is 2.63 bits per heavy atom. The van der Waals surface area contributed by atoms with Crippen molar-refractivity contribution in [2.45, 2.75) is 32.4 Å². The van der Waals surface area contributed by atoms with Gasteiger partial charge in [0.1, 0.15) is 5.76 Å². The minimum absolute atomic E-state index is 0. The van der Waals surface area contributed by atoms with Crippen molar-refractivity contribution in [1.29, 1.82) is 0 Å². The molecule has 3 aromatic rings. The van der Waals surface area contributed by atoms with E-state index < -0.39 is 6.04 Å². The summed E-state index contributed by atoms with van der Waals surface area (Å²) >= 11 is 0. The maximum Gasteiger partial charge on any atom is 0.237 e. The Kier molecular flexibility index (Phi) is 7.28. The number of nitrogens with two attached hydrogens (primary N) is 1. The fourth-order valence-corrected chi connectivity index (χ4v) is 2.89. The molecule has 0 fully saturated rings. The van der Waals surface area contributed by atoms with E-state index in [1.807, 2.05) is 68.4 Å². The van der Waals surface area contributed by atoms with Gasteiger partial charge in [-0.3, -0.25) is 4.79 Å². The Labute approximate surface area is 165 Å². The van der Waals surface area contributed by atoms with Crippen LogP contribution in [0.1, 0.15) is 31.2 Å². The van der Waals surface area contributed by atoms with Gasteiger partial charge in [-0.2, -0.15) is 0 Å². The van der Waals surface area contributed by atoms with Crippen LogP contribution in [-0.4, -0.2) is 18.6 Å². The Bertz CT molecular complexity index is 880. The lowest BCUT2D eigenvalue weighted by Gasteiger charge is -2.16. The van der Waals surface area contributed by atoms with Crippen LogP contribution in [0.4, 0.5) is 0 Å². The molecule has 3 N–H and O–H groups in total. The number of halogens is 1. The number of hydrogen-bond acceptors (Lipinski definition) is 4. The number of nitrogens with one attached hydrogen (secondary N) is 1. The maximum absolute atomic E-state index is 12.4. The summed E-state index contributed by atoms with van der Waals surface area (Å²) in [4.78, 5) is 12.4. The smallest absolute Gasteiger partial charge is 0.237 e. The van der Waals surface area contributed by atoms with E-state index in [1.54, 1.807) is 0 Å². The van der Waals surface area contributed by atoms with Crippen LogP contribution in [0.5, 0.6) is 5.75 Å². The minimum Gasteiger partial charge on any atom is -0.490 e. The molecule has 1 amide bonds. The lowest BCUT2D eigenvalue weighted by molar-refractivity contribution is -0.123. The third-order valence-corrected chi connectivity index (χ3v) is 4.25. The van der Waals surface area contributed by atoms with Crippen LogP contribution in [-0.2, 0) is 11.2 Å². The van der Waals surface area contributed by atoms with Gasteiger partial charge < -0.3 is 20.2 Å². The summed E-state index contributed by atoms with van der Waals surface area (Å²) in [6.45, 7) is 4.38.